The van der Waals surface area contributed by atoms with E-state index in [4.69, 9.17) is 15.5 Å². The van der Waals surface area contributed by atoms with E-state index in [0.29, 0.717) is 40.8 Å². The Labute approximate surface area is 244 Å². The summed E-state index contributed by atoms with van der Waals surface area (Å²) in [6.07, 6.45) is 11.1. The van der Waals surface area contributed by atoms with Crippen LogP contribution in [0.5, 0.6) is 0 Å². The number of pyridine rings is 3. The average molecular weight is 574 g/mol. The van der Waals surface area contributed by atoms with Crippen LogP contribution >= 0.6 is 0 Å². The van der Waals surface area contributed by atoms with Gasteiger partial charge in [-0.25, -0.2) is 9.97 Å². The predicted molar refractivity (Wildman–Crippen MR) is 161 cm³/mol. The lowest BCUT2D eigenvalue weighted by Crippen LogP contribution is -2.34. The van der Waals surface area contributed by atoms with E-state index in [1.54, 1.807) is 54.5 Å². The second-order valence-electron chi connectivity index (χ2n) is 10.8. The molecule has 0 aliphatic carbocycles. The van der Waals surface area contributed by atoms with Gasteiger partial charge in [0.25, 0.3) is 0 Å². The summed E-state index contributed by atoms with van der Waals surface area (Å²) in [6, 6.07) is 6.00. The smallest absolute Gasteiger partial charge is 0.324 e. The molecule has 1 amide bonds. The third-order valence-corrected chi connectivity index (χ3v) is 6.49. The van der Waals surface area contributed by atoms with Gasteiger partial charge in [-0.3, -0.25) is 19.1 Å². The van der Waals surface area contributed by atoms with Crippen LogP contribution in [0.4, 0.5) is 10.1 Å². The quantitative estimate of drug-likeness (QED) is 0.149. The number of halogens is 1. The Morgan fingerprint density at radius 3 is 2.57 bits per heavy atom. The molecule has 42 heavy (non-hydrogen) atoms. The van der Waals surface area contributed by atoms with Crippen LogP contribution in [0.25, 0.3) is 33.3 Å². The van der Waals surface area contributed by atoms with Gasteiger partial charge in [-0.15, -0.1) is 0 Å². The van der Waals surface area contributed by atoms with Crippen LogP contribution in [-0.4, -0.2) is 63.0 Å². The molecule has 2 atom stereocenters. The number of aromatic nitrogens is 4. The van der Waals surface area contributed by atoms with Crippen molar-refractivity contribution in [2.75, 3.05) is 26.0 Å². The van der Waals surface area contributed by atoms with E-state index in [1.165, 1.54) is 18.3 Å². The number of hydrogen-bond donors (Lipinski definition) is 2. The summed E-state index contributed by atoms with van der Waals surface area (Å²) < 4.78 is 21.6. The third kappa shape index (κ3) is 7.62. The maximum absolute atomic E-state index is 14.1. The average Bonchev–Trinajstić information content (AvgIpc) is 3.32. The highest BCUT2D eigenvalue weighted by atomic mass is 19.1. The minimum atomic E-state index is -0.744. The molecule has 11 heteroatoms. The molecule has 4 aromatic rings. The molecule has 0 fully saturated rings. The van der Waals surface area contributed by atoms with Gasteiger partial charge in [0.1, 0.15) is 11.7 Å². The van der Waals surface area contributed by atoms with Crippen molar-refractivity contribution >= 4 is 28.6 Å². The van der Waals surface area contributed by atoms with E-state index in [9.17, 15) is 14.0 Å². The first-order chi connectivity index (χ1) is 20.0. The summed E-state index contributed by atoms with van der Waals surface area (Å²) in [5.41, 5.74) is 9.82. The fourth-order valence-electron chi connectivity index (χ4n) is 4.50. The summed E-state index contributed by atoms with van der Waals surface area (Å²) in [7, 11) is 3.84. The summed E-state index contributed by atoms with van der Waals surface area (Å²) >= 11 is 0. The number of anilines is 1. The second-order valence-corrected chi connectivity index (χ2v) is 10.8. The first-order valence-corrected chi connectivity index (χ1v) is 13.7. The van der Waals surface area contributed by atoms with Gasteiger partial charge in [-0.2, -0.15) is 4.39 Å². The summed E-state index contributed by atoms with van der Waals surface area (Å²) in [6.45, 7) is 6.35. The number of ether oxygens (including phenoxy) is 1. The molecule has 0 aromatic carbocycles. The normalized spacial score (nSPS) is 13.2. The van der Waals surface area contributed by atoms with E-state index in [2.05, 4.69) is 15.3 Å². The van der Waals surface area contributed by atoms with E-state index >= 15 is 0 Å². The van der Waals surface area contributed by atoms with Crippen LogP contribution in [0.3, 0.4) is 0 Å². The van der Waals surface area contributed by atoms with E-state index in [-0.39, 0.29) is 11.8 Å². The molecule has 4 aromatic heterocycles. The van der Waals surface area contributed by atoms with Crippen molar-refractivity contribution in [1.29, 1.82) is 0 Å². The molecule has 4 heterocycles. The van der Waals surface area contributed by atoms with Crippen LogP contribution in [0.1, 0.15) is 33.4 Å². The van der Waals surface area contributed by atoms with Crippen molar-refractivity contribution in [3.8, 4) is 22.3 Å². The highest BCUT2D eigenvalue weighted by Gasteiger charge is 2.23. The summed E-state index contributed by atoms with van der Waals surface area (Å²) in [4.78, 5) is 39.6. The number of carbonyl (C=O) groups excluding carboxylic acids is 2. The number of nitrogens with zero attached hydrogens (tertiary/aromatic N) is 5. The molecular weight excluding hydrogens is 537 g/mol. The molecule has 220 valence electrons. The molecule has 0 aliphatic rings. The number of rotatable bonds is 11. The van der Waals surface area contributed by atoms with Gasteiger partial charge in [0.2, 0.25) is 11.9 Å². The molecule has 0 bridgehead atoms. The topological polar surface area (TPSA) is 128 Å². The highest BCUT2D eigenvalue weighted by molar-refractivity contribution is 6.00. The van der Waals surface area contributed by atoms with Gasteiger partial charge in [0, 0.05) is 65.6 Å². The number of hydrogen-bond acceptors (Lipinski definition) is 8. The number of fused-ring (bicyclic) bond motifs is 1. The summed E-state index contributed by atoms with van der Waals surface area (Å²) in [5.74, 6) is -1.15. The minimum absolute atomic E-state index is 0.240. The zero-order valence-corrected chi connectivity index (χ0v) is 24.4. The monoisotopic (exact) mass is 573 g/mol. The molecule has 1 unspecified atom stereocenters. The Balaban J connectivity index is 1.69. The van der Waals surface area contributed by atoms with Crippen molar-refractivity contribution in [2.45, 2.75) is 39.5 Å². The van der Waals surface area contributed by atoms with Crippen molar-refractivity contribution < 1.29 is 18.7 Å². The Kier molecular flexibility index (Phi) is 9.76. The first-order valence-electron chi connectivity index (χ1n) is 13.7. The first kappa shape index (κ1) is 30.5. The van der Waals surface area contributed by atoms with Crippen LogP contribution < -0.4 is 11.1 Å². The third-order valence-electron chi connectivity index (χ3n) is 6.49. The summed E-state index contributed by atoms with van der Waals surface area (Å²) in [5, 5.41) is 3.53. The lowest BCUT2D eigenvalue weighted by atomic mass is 10.0. The van der Waals surface area contributed by atoms with Gasteiger partial charge in [0.15, 0.2) is 6.23 Å². The SMILES string of the molecule is CC(C)C[C@H](N)C(=O)OC(C)n1cc(-c2ccnc(F)c2)c2cc(-c3cncc(NC(=O)/C=C/CN(C)C)c3)cnc21. The number of carbonyl (C=O) groups is 2. The molecule has 0 aliphatic heterocycles. The molecule has 0 spiro atoms. The Bertz CT molecular complexity index is 1600. The molecule has 10 nitrogen and oxygen atoms in total. The number of amides is 1. The standard InChI is InChI=1S/C31H36FN7O3/c1-19(2)11-27(33)31(41)42-20(3)39-18-26(21-8-9-35-28(32)14-21)25-13-23(16-36-30(25)39)22-12-24(17-34-15-22)37-29(40)7-6-10-38(4)5/h6-9,12-20,27H,10-11,33H2,1-5H3,(H,37,40)/b7-6+/t20?,27-/m0/s1. The lowest BCUT2D eigenvalue weighted by Gasteiger charge is -2.19. The Hall–Kier alpha value is -4.48. The molecule has 0 saturated carbocycles. The maximum Gasteiger partial charge on any atom is 0.324 e. The van der Waals surface area contributed by atoms with E-state index < -0.39 is 24.2 Å². The van der Waals surface area contributed by atoms with Gasteiger partial charge in [-0.05, 0) is 57.1 Å². The van der Waals surface area contributed by atoms with E-state index in [0.717, 1.165) is 11.1 Å². The molecule has 4 rings (SSSR count). The molecule has 3 N–H and O–H groups in total. The number of nitrogens with two attached hydrogens (primary N) is 1. The predicted octanol–water partition coefficient (Wildman–Crippen LogP) is 4.79. The fraction of sp³-hybridized carbons (Fsp3) is 0.323. The van der Waals surface area contributed by atoms with Crippen LogP contribution in [0.15, 0.2) is 67.4 Å². The van der Waals surface area contributed by atoms with Gasteiger partial charge in [0.05, 0.1) is 11.9 Å². The minimum Gasteiger partial charge on any atom is -0.440 e. The van der Waals surface area contributed by atoms with Gasteiger partial charge in [-0.1, -0.05) is 19.9 Å². The van der Waals surface area contributed by atoms with Gasteiger partial charge < -0.3 is 20.7 Å². The molecule has 0 saturated heterocycles. The van der Waals surface area contributed by atoms with Crippen molar-refractivity contribution in [3.63, 3.8) is 0 Å². The number of nitrogens with one attached hydrogen (secondary N) is 1. The van der Waals surface area contributed by atoms with Gasteiger partial charge >= 0.3 is 5.97 Å². The van der Waals surface area contributed by atoms with Crippen molar-refractivity contribution in [3.05, 3.63) is 73.3 Å². The van der Waals surface area contributed by atoms with Crippen molar-refractivity contribution in [1.82, 2.24) is 24.4 Å². The zero-order chi connectivity index (χ0) is 30.4. The zero-order valence-electron chi connectivity index (χ0n) is 24.4. The fourth-order valence-corrected chi connectivity index (χ4v) is 4.50. The molecule has 0 radical (unpaired) electrons. The Morgan fingerprint density at radius 1 is 1.10 bits per heavy atom. The Morgan fingerprint density at radius 2 is 1.86 bits per heavy atom. The largest absolute Gasteiger partial charge is 0.440 e. The van der Waals surface area contributed by atoms with E-state index in [1.807, 2.05) is 38.9 Å². The van der Waals surface area contributed by atoms with Crippen LogP contribution in [0, 0.1) is 11.9 Å². The maximum atomic E-state index is 14.1. The van der Waals surface area contributed by atoms with Crippen molar-refractivity contribution in [2.24, 2.45) is 11.7 Å². The van der Waals surface area contributed by atoms with Crippen LogP contribution in [0.2, 0.25) is 0 Å². The number of esters is 1. The second kappa shape index (κ2) is 13.5. The van der Waals surface area contributed by atoms with Crippen LogP contribution in [-0.2, 0) is 14.3 Å². The molecular formula is C31H36FN7O3. The lowest BCUT2D eigenvalue weighted by molar-refractivity contribution is -0.154. The number of likely N-dealkylation sites (N-methyl/N-ethyl adjacent to an activating group) is 1. The highest BCUT2D eigenvalue weighted by Crippen LogP contribution is 2.35.